The van der Waals surface area contributed by atoms with E-state index in [1.165, 1.54) is 12.4 Å². The van der Waals surface area contributed by atoms with E-state index >= 15 is 0 Å². The quantitative estimate of drug-likeness (QED) is 0.720. The van der Waals surface area contributed by atoms with Crippen molar-refractivity contribution in [2.75, 3.05) is 0 Å². The topological polar surface area (TPSA) is 68.9 Å². The summed E-state index contributed by atoms with van der Waals surface area (Å²) >= 11 is 0. The van der Waals surface area contributed by atoms with Gasteiger partial charge in [0.15, 0.2) is 0 Å². The van der Waals surface area contributed by atoms with E-state index < -0.39 is 5.91 Å². The minimum absolute atomic E-state index is 0.149. The van der Waals surface area contributed by atoms with Gasteiger partial charge in [-0.1, -0.05) is 6.92 Å². The molecule has 68 valence electrons. The van der Waals surface area contributed by atoms with Gasteiger partial charge in [-0.25, -0.2) is 9.97 Å². The van der Waals surface area contributed by atoms with Crippen LogP contribution >= 0.6 is 0 Å². The molecule has 0 radical (unpaired) electrons. The number of primary amides is 1. The van der Waals surface area contributed by atoms with Crippen LogP contribution in [0.2, 0.25) is 0 Å². The number of nitrogens with zero attached hydrogens (tertiary/aromatic N) is 2. The number of nitrogens with two attached hydrogens (primary N) is 1. The molecule has 1 heterocycles. The Labute approximate surface area is 76.2 Å². The standard InChI is InChI=1S/C9H11N3O/c1-9(2-3-9)8-11-4-6(5-12-8)7(10)13/h4-5H,2-3H2,1H3,(H2,10,13). The van der Waals surface area contributed by atoms with Gasteiger partial charge in [-0.3, -0.25) is 4.79 Å². The number of amides is 1. The van der Waals surface area contributed by atoms with Gasteiger partial charge in [-0.15, -0.1) is 0 Å². The van der Waals surface area contributed by atoms with Gasteiger partial charge >= 0.3 is 0 Å². The first kappa shape index (κ1) is 8.16. The molecule has 1 aromatic heterocycles. The van der Waals surface area contributed by atoms with E-state index in [-0.39, 0.29) is 5.41 Å². The fourth-order valence-electron chi connectivity index (χ4n) is 1.18. The third-order valence-corrected chi connectivity index (χ3v) is 2.48. The predicted octanol–water partition coefficient (Wildman–Crippen LogP) is 0.627. The Morgan fingerprint density at radius 2 is 2.00 bits per heavy atom. The average molecular weight is 177 g/mol. The lowest BCUT2D eigenvalue weighted by Crippen LogP contribution is -2.14. The van der Waals surface area contributed by atoms with Crippen LogP contribution in [-0.2, 0) is 5.41 Å². The smallest absolute Gasteiger partial charge is 0.251 e. The normalized spacial score (nSPS) is 18.2. The van der Waals surface area contributed by atoms with Gasteiger partial charge in [0.2, 0.25) is 0 Å². The first-order valence-electron chi connectivity index (χ1n) is 4.24. The van der Waals surface area contributed by atoms with E-state index in [0.29, 0.717) is 5.56 Å². The van der Waals surface area contributed by atoms with Crippen molar-refractivity contribution in [2.45, 2.75) is 25.2 Å². The Balaban J connectivity index is 2.28. The first-order valence-corrected chi connectivity index (χ1v) is 4.24. The Bertz CT molecular complexity index is 340. The molecule has 1 saturated carbocycles. The largest absolute Gasteiger partial charge is 0.366 e. The highest BCUT2D eigenvalue weighted by Crippen LogP contribution is 2.45. The van der Waals surface area contributed by atoms with Crippen LogP contribution in [0.25, 0.3) is 0 Å². The maximum Gasteiger partial charge on any atom is 0.251 e. The fourth-order valence-corrected chi connectivity index (χ4v) is 1.18. The van der Waals surface area contributed by atoms with Gasteiger partial charge in [0.05, 0.1) is 5.56 Å². The van der Waals surface area contributed by atoms with E-state index in [9.17, 15) is 4.79 Å². The van der Waals surface area contributed by atoms with E-state index in [2.05, 4.69) is 16.9 Å². The second kappa shape index (κ2) is 2.52. The minimum atomic E-state index is -0.479. The number of aromatic nitrogens is 2. The van der Waals surface area contributed by atoms with Crippen LogP contribution in [0.3, 0.4) is 0 Å². The number of hydrogen-bond acceptors (Lipinski definition) is 3. The molecule has 13 heavy (non-hydrogen) atoms. The van der Waals surface area contributed by atoms with Crippen molar-refractivity contribution in [1.82, 2.24) is 9.97 Å². The van der Waals surface area contributed by atoms with Gasteiger partial charge in [0, 0.05) is 17.8 Å². The molecule has 1 amide bonds. The molecule has 0 saturated heterocycles. The molecule has 4 heteroatoms. The van der Waals surface area contributed by atoms with Crippen molar-refractivity contribution >= 4 is 5.91 Å². The van der Waals surface area contributed by atoms with Gasteiger partial charge in [-0.05, 0) is 12.8 Å². The predicted molar refractivity (Wildman–Crippen MR) is 47.1 cm³/mol. The maximum absolute atomic E-state index is 10.7. The van der Waals surface area contributed by atoms with E-state index in [1.54, 1.807) is 0 Å². The Morgan fingerprint density at radius 1 is 1.46 bits per heavy atom. The van der Waals surface area contributed by atoms with Crippen LogP contribution in [0.1, 0.15) is 35.9 Å². The van der Waals surface area contributed by atoms with Gasteiger partial charge in [-0.2, -0.15) is 0 Å². The van der Waals surface area contributed by atoms with Gasteiger partial charge in [0.1, 0.15) is 5.82 Å². The second-order valence-corrected chi connectivity index (χ2v) is 3.72. The van der Waals surface area contributed by atoms with Crippen LogP contribution < -0.4 is 5.73 Å². The van der Waals surface area contributed by atoms with Crippen LogP contribution in [0.5, 0.6) is 0 Å². The summed E-state index contributed by atoms with van der Waals surface area (Å²) in [7, 11) is 0. The Kier molecular flexibility index (Phi) is 1.58. The zero-order valence-electron chi connectivity index (χ0n) is 7.45. The summed E-state index contributed by atoms with van der Waals surface area (Å²) in [5.41, 5.74) is 5.59. The molecule has 0 unspecified atom stereocenters. The lowest BCUT2D eigenvalue weighted by molar-refractivity contribution is 0.0999. The van der Waals surface area contributed by atoms with Crippen LogP contribution in [0, 0.1) is 0 Å². The molecule has 0 aromatic carbocycles. The lowest BCUT2D eigenvalue weighted by atomic mass is 10.1. The number of carbonyl (C=O) groups excluding carboxylic acids is 1. The van der Waals surface area contributed by atoms with Crippen molar-refractivity contribution in [2.24, 2.45) is 5.73 Å². The second-order valence-electron chi connectivity index (χ2n) is 3.72. The molecule has 0 bridgehead atoms. The molecule has 1 aliphatic carbocycles. The lowest BCUT2D eigenvalue weighted by Gasteiger charge is -2.05. The van der Waals surface area contributed by atoms with Gasteiger partial charge < -0.3 is 5.73 Å². The highest BCUT2D eigenvalue weighted by molar-refractivity contribution is 5.92. The third kappa shape index (κ3) is 1.39. The molecule has 0 spiro atoms. The van der Waals surface area contributed by atoms with Crippen molar-refractivity contribution in [3.05, 3.63) is 23.8 Å². The maximum atomic E-state index is 10.7. The monoisotopic (exact) mass is 177 g/mol. The van der Waals surface area contributed by atoms with Crippen molar-refractivity contribution in [3.63, 3.8) is 0 Å². The fraction of sp³-hybridized carbons (Fsp3) is 0.444. The minimum Gasteiger partial charge on any atom is -0.366 e. The highest BCUT2D eigenvalue weighted by Gasteiger charge is 2.41. The molecule has 2 N–H and O–H groups in total. The molecule has 0 aliphatic heterocycles. The van der Waals surface area contributed by atoms with Crippen molar-refractivity contribution in [3.8, 4) is 0 Å². The van der Waals surface area contributed by atoms with E-state index in [1.807, 2.05) is 0 Å². The van der Waals surface area contributed by atoms with Gasteiger partial charge in [0.25, 0.3) is 5.91 Å². The van der Waals surface area contributed by atoms with E-state index in [4.69, 9.17) is 5.73 Å². The molecular formula is C9H11N3O. The van der Waals surface area contributed by atoms with Crippen molar-refractivity contribution < 1.29 is 4.79 Å². The SMILES string of the molecule is CC1(c2ncc(C(N)=O)cn2)CC1. The molecule has 2 rings (SSSR count). The summed E-state index contributed by atoms with van der Waals surface area (Å²) in [6.45, 7) is 2.12. The van der Waals surface area contributed by atoms with E-state index in [0.717, 1.165) is 18.7 Å². The van der Waals surface area contributed by atoms with Crippen LogP contribution in [0.4, 0.5) is 0 Å². The summed E-state index contributed by atoms with van der Waals surface area (Å²) in [6, 6.07) is 0. The Morgan fingerprint density at radius 3 is 2.38 bits per heavy atom. The highest BCUT2D eigenvalue weighted by atomic mass is 16.1. The number of rotatable bonds is 2. The molecule has 0 atom stereocenters. The van der Waals surface area contributed by atoms with Crippen molar-refractivity contribution in [1.29, 1.82) is 0 Å². The molecule has 1 fully saturated rings. The summed E-state index contributed by atoms with van der Waals surface area (Å²) in [5, 5.41) is 0. The number of hydrogen-bond donors (Lipinski definition) is 1. The van der Waals surface area contributed by atoms with Crippen LogP contribution in [0.15, 0.2) is 12.4 Å². The summed E-state index contributed by atoms with van der Waals surface area (Å²) < 4.78 is 0. The molecule has 4 nitrogen and oxygen atoms in total. The first-order chi connectivity index (χ1) is 6.12. The van der Waals surface area contributed by atoms with Crippen LogP contribution in [-0.4, -0.2) is 15.9 Å². The molecule has 1 aromatic rings. The summed E-state index contributed by atoms with van der Waals surface area (Å²) in [6.07, 6.45) is 5.24. The third-order valence-electron chi connectivity index (χ3n) is 2.48. The number of carbonyl (C=O) groups is 1. The molecular weight excluding hydrogens is 166 g/mol. The summed E-state index contributed by atoms with van der Waals surface area (Å²) in [5.74, 6) is 0.338. The zero-order valence-corrected chi connectivity index (χ0v) is 7.45. The summed E-state index contributed by atoms with van der Waals surface area (Å²) in [4.78, 5) is 19.0. The zero-order chi connectivity index (χ0) is 9.47. The average Bonchev–Trinajstić information content (AvgIpc) is 2.85. The molecule has 1 aliphatic rings. The Hall–Kier alpha value is -1.45.